The molecular formula is C13H11F2N3O. The Kier molecular flexibility index (Phi) is 3.82. The number of nitrogens with two attached hydrogens (primary N) is 1. The number of benzene rings is 1. The maximum absolute atomic E-state index is 13.3. The van der Waals surface area contributed by atoms with Crippen molar-refractivity contribution in [3.63, 3.8) is 0 Å². The van der Waals surface area contributed by atoms with Crippen LogP contribution in [0, 0.1) is 11.6 Å². The van der Waals surface area contributed by atoms with E-state index in [2.05, 4.69) is 10.3 Å². The van der Waals surface area contributed by atoms with Crippen LogP contribution in [0.5, 0.6) is 0 Å². The van der Waals surface area contributed by atoms with Crippen LogP contribution in [0.1, 0.15) is 16.1 Å². The van der Waals surface area contributed by atoms with Crippen molar-refractivity contribution in [1.29, 1.82) is 0 Å². The highest BCUT2D eigenvalue weighted by Crippen LogP contribution is 2.16. The Morgan fingerprint density at radius 1 is 1.26 bits per heavy atom. The van der Waals surface area contributed by atoms with E-state index in [1.165, 1.54) is 12.3 Å². The molecule has 1 heterocycles. The Bertz CT molecular complexity index is 599. The van der Waals surface area contributed by atoms with Gasteiger partial charge in [0.15, 0.2) is 0 Å². The van der Waals surface area contributed by atoms with Gasteiger partial charge in [0.05, 0.1) is 5.69 Å². The average molecular weight is 263 g/mol. The smallest absolute Gasteiger partial charge is 0.274 e. The maximum Gasteiger partial charge on any atom is 0.274 e. The summed E-state index contributed by atoms with van der Waals surface area (Å²) in [7, 11) is 0. The minimum Gasteiger partial charge on any atom is -0.326 e. The summed E-state index contributed by atoms with van der Waals surface area (Å²) in [6.07, 6.45) is 1.46. The average Bonchev–Trinajstić information content (AvgIpc) is 2.43. The lowest BCUT2D eigenvalue weighted by molar-refractivity contribution is 0.102. The number of nitrogens with zero attached hydrogens (tertiary/aromatic N) is 1. The highest BCUT2D eigenvalue weighted by Gasteiger charge is 2.11. The molecule has 6 heteroatoms. The third-order valence-electron chi connectivity index (χ3n) is 2.47. The zero-order valence-electron chi connectivity index (χ0n) is 9.86. The Morgan fingerprint density at radius 3 is 2.68 bits per heavy atom. The van der Waals surface area contributed by atoms with E-state index in [0.717, 1.165) is 23.8 Å². The number of nitrogens with one attached hydrogen (secondary N) is 1. The van der Waals surface area contributed by atoms with E-state index >= 15 is 0 Å². The number of aromatic nitrogens is 1. The Hall–Kier alpha value is -2.34. The van der Waals surface area contributed by atoms with Crippen molar-refractivity contribution in [3.05, 3.63) is 59.4 Å². The standard InChI is InChI=1S/C13H11F2N3O/c14-9-2-3-10(15)12(5-9)18-13(19)11-4-1-8(6-16)7-17-11/h1-5,7H,6,16H2,(H,18,19). The van der Waals surface area contributed by atoms with Crippen molar-refractivity contribution >= 4 is 11.6 Å². The second kappa shape index (κ2) is 5.53. The van der Waals surface area contributed by atoms with Gasteiger partial charge in [0, 0.05) is 18.8 Å². The molecule has 1 aromatic carbocycles. The first kappa shape index (κ1) is 13.1. The van der Waals surface area contributed by atoms with Crippen molar-refractivity contribution in [2.45, 2.75) is 6.54 Å². The molecule has 0 aliphatic heterocycles. The second-order valence-corrected chi connectivity index (χ2v) is 3.83. The van der Waals surface area contributed by atoms with Gasteiger partial charge in [-0.15, -0.1) is 0 Å². The molecule has 0 atom stereocenters. The number of amides is 1. The van der Waals surface area contributed by atoms with E-state index < -0.39 is 17.5 Å². The molecule has 2 aromatic rings. The number of carbonyl (C=O) groups excluding carboxylic acids is 1. The fraction of sp³-hybridized carbons (Fsp3) is 0.0769. The lowest BCUT2D eigenvalue weighted by atomic mass is 10.2. The molecule has 4 nitrogen and oxygen atoms in total. The van der Waals surface area contributed by atoms with E-state index in [0.29, 0.717) is 6.54 Å². The number of carbonyl (C=O) groups is 1. The van der Waals surface area contributed by atoms with Gasteiger partial charge in [0.1, 0.15) is 17.3 Å². The van der Waals surface area contributed by atoms with Gasteiger partial charge in [-0.3, -0.25) is 9.78 Å². The summed E-state index contributed by atoms with van der Waals surface area (Å²) in [6.45, 7) is 0.313. The van der Waals surface area contributed by atoms with Gasteiger partial charge in [-0.25, -0.2) is 8.78 Å². The first-order valence-electron chi connectivity index (χ1n) is 5.51. The zero-order valence-corrected chi connectivity index (χ0v) is 9.86. The molecule has 0 saturated carbocycles. The van der Waals surface area contributed by atoms with Crippen molar-refractivity contribution in [2.24, 2.45) is 5.73 Å². The molecule has 0 bridgehead atoms. The van der Waals surface area contributed by atoms with E-state index in [1.54, 1.807) is 6.07 Å². The van der Waals surface area contributed by atoms with Gasteiger partial charge in [-0.2, -0.15) is 0 Å². The summed E-state index contributed by atoms with van der Waals surface area (Å²) < 4.78 is 26.3. The van der Waals surface area contributed by atoms with Gasteiger partial charge in [0.2, 0.25) is 0 Å². The monoisotopic (exact) mass is 263 g/mol. The van der Waals surface area contributed by atoms with Crippen LogP contribution < -0.4 is 11.1 Å². The van der Waals surface area contributed by atoms with Gasteiger partial charge < -0.3 is 11.1 Å². The Labute approximate surface area is 108 Å². The Morgan fingerprint density at radius 2 is 2.05 bits per heavy atom. The summed E-state index contributed by atoms with van der Waals surface area (Å²) in [4.78, 5) is 15.7. The van der Waals surface area contributed by atoms with Crippen LogP contribution in [0.2, 0.25) is 0 Å². The van der Waals surface area contributed by atoms with Crippen LogP contribution >= 0.6 is 0 Å². The highest BCUT2D eigenvalue weighted by molar-refractivity contribution is 6.02. The van der Waals surface area contributed by atoms with E-state index in [9.17, 15) is 13.6 Å². The van der Waals surface area contributed by atoms with Crippen molar-refractivity contribution < 1.29 is 13.6 Å². The molecule has 0 spiro atoms. The molecule has 1 amide bonds. The molecule has 0 aliphatic carbocycles. The third kappa shape index (κ3) is 3.11. The van der Waals surface area contributed by atoms with Gasteiger partial charge in [-0.1, -0.05) is 6.07 Å². The van der Waals surface area contributed by atoms with Gasteiger partial charge >= 0.3 is 0 Å². The molecule has 3 N–H and O–H groups in total. The molecule has 2 rings (SSSR count). The normalized spacial score (nSPS) is 10.3. The molecular weight excluding hydrogens is 252 g/mol. The lowest BCUT2D eigenvalue weighted by Gasteiger charge is -2.06. The number of hydrogen-bond acceptors (Lipinski definition) is 3. The first-order chi connectivity index (χ1) is 9.10. The van der Waals surface area contributed by atoms with E-state index in [4.69, 9.17) is 5.73 Å². The van der Waals surface area contributed by atoms with Crippen LogP contribution in [0.25, 0.3) is 0 Å². The number of hydrogen-bond donors (Lipinski definition) is 2. The zero-order chi connectivity index (χ0) is 13.8. The number of pyridine rings is 1. The summed E-state index contributed by atoms with van der Waals surface area (Å²) >= 11 is 0. The van der Waals surface area contributed by atoms with Crippen molar-refractivity contribution in [3.8, 4) is 0 Å². The minimum absolute atomic E-state index is 0.0980. The van der Waals surface area contributed by atoms with Crippen LogP contribution in [0.15, 0.2) is 36.5 Å². The SMILES string of the molecule is NCc1ccc(C(=O)Nc2cc(F)ccc2F)nc1. The topological polar surface area (TPSA) is 68.0 Å². The quantitative estimate of drug-likeness (QED) is 0.890. The highest BCUT2D eigenvalue weighted by atomic mass is 19.1. The Balaban J connectivity index is 2.18. The lowest BCUT2D eigenvalue weighted by Crippen LogP contribution is -2.15. The first-order valence-corrected chi connectivity index (χ1v) is 5.51. The molecule has 0 radical (unpaired) electrons. The molecule has 0 aliphatic rings. The number of rotatable bonds is 3. The molecule has 98 valence electrons. The molecule has 0 saturated heterocycles. The van der Waals surface area contributed by atoms with Crippen LogP contribution in [-0.2, 0) is 6.54 Å². The summed E-state index contributed by atoms with van der Waals surface area (Å²) in [5.74, 6) is -1.97. The van der Waals surface area contributed by atoms with Gasteiger partial charge in [-0.05, 0) is 23.8 Å². The van der Waals surface area contributed by atoms with Crippen LogP contribution in [0.3, 0.4) is 0 Å². The molecule has 0 unspecified atom stereocenters. The van der Waals surface area contributed by atoms with Crippen molar-refractivity contribution in [2.75, 3.05) is 5.32 Å². The van der Waals surface area contributed by atoms with Crippen molar-refractivity contribution in [1.82, 2.24) is 4.98 Å². The predicted molar refractivity (Wildman–Crippen MR) is 66.4 cm³/mol. The molecule has 1 aromatic heterocycles. The van der Waals surface area contributed by atoms with E-state index in [1.807, 2.05) is 0 Å². The largest absolute Gasteiger partial charge is 0.326 e. The fourth-order valence-corrected chi connectivity index (χ4v) is 1.46. The predicted octanol–water partition coefficient (Wildman–Crippen LogP) is 2.07. The number of anilines is 1. The summed E-state index contributed by atoms with van der Waals surface area (Å²) in [5.41, 5.74) is 6.05. The fourth-order valence-electron chi connectivity index (χ4n) is 1.46. The van der Waals surface area contributed by atoms with E-state index in [-0.39, 0.29) is 11.4 Å². The maximum atomic E-state index is 13.3. The molecule has 19 heavy (non-hydrogen) atoms. The minimum atomic E-state index is -0.715. The summed E-state index contributed by atoms with van der Waals surface area (Å²) in [5, 5.41) is 2.26. The summed E-state index contributed by atoms with van der Waals surface area (Å²) in [6, 6.07) is 5.93. The van der Waals surface area contributed by atoms with Crippen LogP contribution in [-0.4, -0.2) is 10.9 Å². The number of halogens is 2. The van der Waals surface area contributed by atoms with Crippen LogP contribution in [0.4, 0.5) is 14.5 Å². The third-order valence-corrected chi connectivity index (χ3v) is 2.47. The second-order valence-electron chi connectivity index (χ2n) is 3.83. The van der Waals surface area contributed by atoms with Gasteiger partial charge in [0.25, 0.3) is 5.91 Å². The molecule has 0 fully saturated rings.